The molecule has 0 spiro atoms. The van der Waals surface area contributed by atoms with Crippen LogP contribution < -0.4 is 4.90 Å². The van der Waals surface area contributed by atoms with Gasteiger partial charge in [-0.1, -0.05) is 31.9 Å². The molecule has 0 amide bonds. The molecule has 1 unspecified atom stereocenters. The Morgan fingerprint density at radius 2 is 1.96 bits per heavy atom. The van der Waals surface area contributed by atoms with Gasteiger partial charge in [-0.15, -0.1) is 0 Å². The number of nitrogens with one attached hydrogen (secondary N) is 1. The monoisotopic (exact) mass is 348 g/mol. The van der Waals surface area contributed by atoms with E-state index in [-0.39, 0.29) is 41.5 Å². The highest BCUT2D eigenvalue weighted by atomic mass is 16.6. The van der Waals surface area contributed by atoms with Gasteiger partial charge in [0.25, 0.3) is 0 Å². The Morgan fingerprint density at radius 3 is 2.68 bits per heavy atom. The number of rotatable bonds is 2. The molecule has 0 aromatic heterocycles. The fraction of sp³-hybridized carbons (Fsp3) is 0.857. The summed E-state index contributed by atoms with van der Waals surface area (Å²) < 4.78 is 11.8. The van der Waals surface area contributed by atoms with Crippen molar-refractivity contribution in [1.82, 2.24) is 0 Å². The van der Waals surface area contributed by atoms with Crippen LogP contribution in [-0.4, -0.2) is 43.9 Å². The normalized spacial score (nSPS) is 49.8. The van der Waals surface area contributed by atoms with Crippen LogP contribution in [0.15, 0.2) is 11.6 Å². The molecule has 4 heteroatoms. The lowest BCUT2D eigenvalue weighted by atomic mass is 9.59. The zero-order valence-electron chi connectivity index (χ0n) is 16.2. The van der Waals surface area contributed by atoms with Gasteiger partial charge in [0.05, 0.1) is 6.54 Å². The van der Waals surface area contributed by atoms with Crippen LogP contribution in [0.2, 0.25) is 0 Å². The number of hydrogen-bond donors (Lipinski definition) is 1. The molecule has 0 radical (unpaired) electrons. The smallest absolute Gasteiger partial charge is 0.315 e. The average Bonchev–Trinajstić information content (AvgIpc) is 2.79. The minimum atomic E-state index is 0.0312. The summed E-state index contributed by atoms with van der Waals surface area (Å²) in [6, 6.07) is 0. The molecular formula is C21H34NO3+. The van der Waals surface area contributed by atoms with Crippen molar-refractivity contribution in [2.75, 3.05) is 19.6 Å². The predicted molar refractivity (Wildman–Crippen MR) is 96.3 cm³/mol. The lowest BCUT2D eigenvalue weighted by molar-refractivity contribution is -0.917. The van der Waals surface area contributed by atoms with Gasteiger partial charge in [0.15, 0.2) is 0 Å². The van der Waals surface area contributed by atoms with Crippen molar-refractivity contribution in [3.05, 3.63) is 11.6 Å². The number of carbonyl (C=O) groups excluding carboxylic acids is 1. The van der Waals surface area contributed by atoms with E-state index in [1.807, 2.05) is 0 Å². The lowest BCUT2D eigenvalue weighted by Gasteiger charge is -2.46. The van der Waals surface area contributed by atoms with Crippen molar-refractivity contribution >= 4 is 5.97 Å². The molecule has 3 fully saturated rings. The molecule has 1 N–H and O–H groups in total. The van der Waals surface area contributed by atoms with E-state index in [0.717, 1.165) is 26.1 Å². The highest BCUT2D eigenvalue weighted by molar-refractivity contribution is 5.76. The summed E-state index contributed by atoms with van der Waals surface area (Å²) in [5.41, 5.74) is 1.87. The van der Waals surface area contributed by atoms with Crippen molar-refractivity contribution in [1.29, 1.82) is 0 Å². The maximum Gasteiger partial charge on any atom is 0.315 e. The molecule has 4 nitrogen and oxygen atoms in total. The number of esters is 1. The third-order valence-electron chi connectivity index (χ3n) is 7.21. The Labute approximate surface area is 151 Å². The average molecular weight is 349 g/mol. The summed E-state index contributed by atoms with van der Waals surface area (Å²) in [6.45, 7) is 11.9. The first-order valence-corrected chi connectivity index (χ1v) is 10.3. The van der Waals surface area contributed by atoms with E-state index < -0.39 is 0 Å². The largest absolute Gasteiger partial charge is 0.461 e. The predicted octanol–water partition coefficient (Wildman–Crippen LogP) is 1.99. The van der Waals surface area contributed by atoms with E-state index in [1.165, 1.54) is 24.2 Å². The van der Waals surface area contributed by atoms with Crippen molar-refractivity contribution in [3.8, 4) is 0 Å². The molecule has 2 aliphatic carbocycles. The zero-order chi connectivity index (χ0) is 17.8. The molecular weight excluding hydrogens is 314 g/mol. The van der Waals surface area contributed by atoms with Crippen LogP contribution in [0.25, 0.3) is 0 Å². The molecule has 0 aromatic rings. The summed E-state index contributed by atoms with van der Waals surface area (Å²) in [4.78, 5) is 14.2. The summed E-state index contributed by atoms with van der Waals surface area (Å²) in [7, 11) is 0. The van der Waals surface area contributed by atoms with Crippen molar-refractivity contribution in [2.24, 2.45) is 23.2 Å². The van der Waals surface area contributed by atoms with Crippen LogP contribution in [0.4, 0.5) is 0 Å². The van der Waals surface area contributed by atoms with Gasteiger partial charge in [-0.2, -0.15) is 0 Å². The van der Waals surface area contributed by atoms with Gasteiger partial charge in [0.2, 0.25) is 0 Å². The Kier molecular flexibility index (Phi) is 4.48. The highest BCUT2D eigenvalue weighted by Crippen LogP contribution is 2.53. The SMILES string of the molecule is C[C@@H]1C[NH+](C[C@@H]2C(=O)O[C@@H]3C[C@@]4(C)CCC[C@H](C)C4=C[C@H]23)C[C@H](C)O1. The van der Waals surface area contributed by atoms with E-state index in [4.69, 9.17) is 9.47 Å². The van der Waals surface area contributed by atoms with Gasteiger partial charge in [-0.05, 0) is 44.4 Å². The van der Waals surface area contributed by atoms with Gasteiger partial charge in [-0.3, -0.25) is 4.79 Å². The van der Waals surface area contributed by atoms with Gasteiger partial charge in [0, 0.05) is 5.92 Å². The maximum atomic E-state index is 12.7. The Balaban J connectivity index is 1.55. The molecule has 1 saturated carbocycles. The highest BCUT2D eigenvalue weighted by Gasteiger charge is 2.53. The lowest BCUT2D eigenvalue weighted by Crippen LogP contribution is -3.16. The van der Waals surface area contributed by atoms with E-state index in [2.05, 4.69) is 33.8 Å². The Morgan fingerprint density at radius 1 is 1.24 bits per heavy atom. The van der Waals surface area contributed by atoms with Gasteiger partial charge >= 0.3 is 5.97 Å². The number of allylic oxidation sites excluding steroid dienone is 1. The summed E-state index contributed by atoms with van der Waals surface area (Å²) in [6.07, 6.45) is 8.00. The number of hydrogen-bond acceptors (Lipinski definition) is 3. The second-order valence-corrected chi connectivity index (χ2v) is 9.46. The third-order valence-corrected chi connectivity index (χ3v) is 7.21. The van der Waals surface area contributed by atoms with E-state index >= 15 is 0 Å². The molecule has 2 aliphatic heterocycles. The molecule has 2 saturated heterocycles. The molecule has 4 rings (SSSR count). The van der Waals surface area contributed by atoms with Gasteiger partial charge < -0.3 is 14.4 Å². The first-order valence-electron chi connectivity index (χ1n) is 10.3. The van der Waals surface area contributed by atoms with Crippen LogP contribution in [0.5, 0.6) is 0 Å². The molecule has 8 atom stereocenters. The van der Waals surface area contributed by atoms with E-state index in [0.29, 0.717) is 5.92 Å². The minimum Gasteiger partial charge on any atom is -0.461 e. The quantitative estimate of drug-likeness (QED) is 0.613. The number of quaternary nitrogens is 1. The van der Waals surface area contributed by atoms with E-state index in [1.54, 1.807) is 5.57 Å². The Hall–Kier alpha value is -0.870. The molecule has 140 valence electrons. The van der Waals surface area contributed by atoms with E-state index in [9.17, 15) is 4.79 Å². The fourth-order valence-electron chi connectivity index (χ4n) is 6.15. The van der Waals surface area contributed by atoms with Gasteiger partial charge in [0.1, 0.15) is 37.3 Å². The van der Waals surface area contributed by atoms with Crippen LogP contribution in [0.1, 0.15) is 53.4 Å². The first kappa shape index (κ1) is 17.5. The number of carbonyl (C=O) groups is 1. The summed E-state index contributed by atoms with van der Waals surface area (Å²) in [5.74, 6) is 1.02. The van der Waals surface area contributed by atoms with Crippen molar-refractivity contribution in [3.63, 3.8) is 0 Å². The Bertz CT molecular complexity index is 563. The first-order chi connectivity index (χ1) is 11.9. The topological polar surface area (TPSA) is 40.0 Å². The molecule has 4 aliphatic rings. The molecule has 2 heterocycles. The minimum absolute atomic E-state index is 0.0312. The second kappa shape index (κ2) is 6.38. The number of fused-ring (bicyclic) bond motifs is 2. The zero-order valence-corrected chi connectivity index (χ0v) is 16.2. The third kappa shape index (κ3) is 3.16. The molecule has 0 aromatic carbocycles. The van der Waals surface area contributed by atoms with Crippen LogP contribution in [0, 0.1) is 23.2 Å². The number of ether oxygens (including phenoxy) is 2. The van der Waals surface area contributed by atoms with Crippen LogP contribution >= 0.6 is 0 Å². The molecule has 0 bridgehead atoms. The fourth-order valence-corrected chi connectivity index (χ4v) is 6.15. The number of morpholine rings is 1. The summed E-state index contributed by atoms with van der Waals surface area (Å²) in [5, 5.41) is 0. The van der Waals surface area contributed by atoms with Gasteiger partial charge in [-0.25, -0.2) is 0 Å². The van der Waals surface area contributed by atoms with Crippen LogP contribution in [-0.2, 0) is 14.3 Å². The van der Waals surface area contributed by atoms with Crippen molar-refractivity contribution in [2.45, 2.75) is 71.7 Å². The standard InChI is InChI=1S/C21H33NO3/c1-13-6-5-7-21(4)9-19-16(8-18(13)21)17(20(23)25-19)12-22-10-14(2)24-15(3)11-22/h8,13-17,19H,5-7,9-12H2,1-4H3/p+1/t13-,14-,15+,16+,17-,19+,21+/m0/s1. The second-order valence-electron chi connectivity index (χ2n) is 9.46. The maximum absolute atomic E-state index is 12.7. The van der Waals surface area contributed by atoms with Crippen LogP contribution in [0.3, 0.4) is 0 Å². The van der Waals surface area contributed by atoms with Crippen molar-refractivity contribution < 1.29 is 19.2 Å². The summed E-state index contributed by atoms with van der Waals surface area (Å²) >= 11 is 0. The molecule has 25 heavy (non-hydrogen) atoms.